The predicted molar refractivity (Wildman–Crippen MR) is 106 cm³/mol. The lowest BCUT2D eigenvalue weighted by Gasteiger charge is -2.55. The van der Waals surface area contributed by atoms with Crippen molar-refractivity contribution in [3.63, 3.8) is 0 Å². The second-order valence-corrected chi connectivity index (χ2v) is 9.61. The molecule has 0 amide bonds. The standard InChI is InChI=1S/C24H32O4/c1-5-24(28-16(3)26)13-11-22-21-8-6-17-14-18(27-15(2)25)7-9-19(17)20(21)10-12-23(22,24)4/h1,14,18-22H,6-13H2,2-4H3/t18-,19?,20?,21?,22?,23-,24-/m0/s1. The zero-order valence-corrected chi connectivity index (χ0v) is 17.3. The minimum Gasteiger partial charge on any atom is -0.458 e. The number of esters is 2. The number of hydrogen-bond acceptors (Lipinski definition) is 4. The molecule has 4 rings (SSSR count). The predicted octanol–water partition coefficient (Wildman–Crippen LogP) is 4.43. The summed E-state index contributed by atoms with van der Waals surface area (Å²) < 4.78 is 11.3. The summed E-state index contributed by atoms with van der Waals surface area (Å²) in [5, 5.41) is 0. The molecule has 4 unspecified atom stereocenters. The Morgan fingerprint density at radius 1 is 1.07 bits per heavy atom. The van der Waals surface area contributed by atoms with Crippen molar-refractivity contribution >= 4 is 11.9 Å². The lowest BCUT2D eigenvalue weighted by molar-refractivity contribution is -0.167. The van der Waals surface area contributed by atoms with Crippen LogP contribution < -0.4 is 0 Å². The lowest BCUT2D eigenvalue weighted by atomic mass is 9.50. The van der Waals surface area contributed by atoms with E-state index in [-0.39, 0.29) is 23.5 Å². The maximum Gasteiger partial charge on any atom is 0.304 e. The van der Waals surface area contributed by atoms with Crippen molar-refractivity contribution < 1.29 is 19.1 Å². The fourth-order valence-corrected chi connectivity index (χ4v) is 7.28. The molecular formula is C24H32O4. The van der Waals surface area contributed by atoms with Crippen LogP contribution in [0.4, 0.5) is 0 Å². The van der Waals surface area contributed by atoms with Gasteiger partial charge in [-0.1, -0.05) is 18.4 Å². The molecule has 0 N–H and O–H groups in total. The van der Waals surface area contributed by atoms with Gasteiger partial charge in [0.2, 0.25) is 0 Å². The number of carbonyl (C=O) groups excluding carboxylic acids is 2. The summed E-state index contributed by atoms with van der Waals surface area (Å²) in [7, 11) is 0. The number of terminal acetylenes is 1. The van der Waals surface area contributed by atoms with E-state index in [0.29, 0.717) is 23.7 Å². The zero-order chi connectivity index (χ0) is 20.1. The highest BCUT2D eigenvalue weighted by Crippen LogP contribution is 2.65. The van der Waals surface area contributed by atoms with Crippen LogP contribution in [0, 0.1) is 41.4 Å². The third-order valence-electron chi connectivity index (χ3n) is 8.40. The van der Waals surface area contributed by atoms with Gasteiger partial charge in [-0.05, 0) is 81.1 Å². The van der Waals surface area contributed by atoms with Crippen molar-refractivity contribution in [2.24, 2.45) is 29.1 Å². The van der Waals surface area contributed by atoms with Crippen LogP contribution in [-0.2, 0) is 19.1 Å². The molecule has 0 aromatic rings. The fourth-order valence-electron chi connectivity index (χ4n) is 7.28. The highest BCUT2D eigenvalue weighted by Gasteiger charge is 2.64. The van der Waals surface area contributed by atoms with E-state index >= 15 is 0 Å². The monoisotopic (exact) mass is 384 g/mol. The first kappa shape index (κ1) is 19.6. The Labute approximate surface area is 168 Å². The third-order valence-corrected chi connectivity index (χ3v) is 8.40. The van der Waals surface area contributed by atoms with Crippen LogP contribution in [-0.4, -0.2) is 23.6 Å². The van der Waals surface area contributed by atoms with Gasteiger partial charge in [-0.25, -0.2) is 0 Å². The molecule has 7 atom stereocenters. The van der Waals surface area contributed by atoms with Gasteiger partial charge in [0.25, 0.3) is 0 Å². The van der Waals surface area contributed by atoms with Crippen molar-refractivity contribution in [1.82, 2.24) is 0 Å². The smallest absolute Gasteiger partial charge is 0.304 e. The molecule has 3 fully saturated rings. The van der Waals surface area contributed by atoms with E-state index in [0.717, 1.165) is 44.9 Å². The van der Waals surface area contributed by atoms with E-state index in [4.69, 9.17) is 15.9 Å². The molecule has 3 saturated carbocycles. The fraction of sp³-hybridized carbons (Fsp3) is 0.750. The van der Waals surface area contributed by atoms with Gasteiger partial charge >= 0.3 is 11.9 Å². The maximum atomic E-state index is 11.8. The number of carbonyl (C=O) groups is 2. The molecular weight excluding hydrogens is 352 g/mol. The Bertz CT molecular complexity index is 746. The lowest BCUT2D eigenvalue weighted by Crippen LogP contribution is -2.53. The largest absolute Gasteiger partial charge is 0.458 e. The van der Waals surface area contributed by atoms with Crippen molar-refractivity contribution in [3.8, 4) is 12.3 Å². The van der Waals surface area contributed by atoms with Gasteiger partial charge in [-0.3, -0.25) is 9.59 Å². The minimum atomic E-state index is -0.739. The normalized spacial score (nSPS) is 44.2. The van der Waals surface area contributed by atoms with Crippen molar-refractivity contribution in [3.05, 3.63) is 11.6 Å². The van der Waals surface area contributed by atoms with E-state index in [1.807, 2.05) is 0 Å². The molecule has 4 heteroatoms. The van der Waals surface area contributed by atoms with Gasteiger partial charge in [0.15, 0.2) is 5.60 Å². The second-order valence-electron chi connectivity index (χ2n) is 9.61. The Hall–Kier alpha value is -1.76. The number of rotatable bonds is 2. The van der Waals surface area contributed by atoms with Crippen LogP contribution in [0.5, 0.6) is 0 Å². The van der Waals surface area contributed by atoms with E-state index in [9.17, 15) is 9.59 Å². The molecule has 0 heterocycles. The number of ether oxygens (including phenoxy) is 2. The van der Waals surface area contributed by atoms with Gasteiger partial charge in [0, 0.05) is 19.3 Å². The molecule has 0 radical (unpaired) electrons. The van der Waals surface area contributed by atoms with Crippen LogP contribution in [0.3, 0.4) is 0 Å². The van der Waals surface area contributed by atoms with Crippen molar-refractivity contribution in [2.75, 3.05) is 0 Å². The highest BCUT2D eigenvalue weighted by atomic mass is 16.6. The van der Waals surface area contributed by atoms with Crippen molar-refractivity contribution in [1.29, 1.82) is 0 Å². The van der Waals surface area contributed by atoms with E-state index in [1.165, 1.54) is 25.8 Å². The highest BCUT2D eigenvalue weighted by molar-refractivity contribution is 5.67. The summed E-state index contributed by atoms with van der Waals surface area (Å²) >= 11 is 0. The van der Waals surface area contributed by atoms with Crippen LogP contribution in [0.1, 0.15) is 72.1 Å². The molecule has 4 aliphatic carbocycles. The first-order chi connectivity index (χ1) is 13.3. The summed E-state index contributed by atoms with van der Waals surface area (Å²) in [4.78, 5) is 23.1. The topological polar surface area (TPSA) is 52.6 Å². The zero-order valence-electron chi connectivity index (χ0n) is 17.3. The van der Waals surface area contributed by atoms with E-state index < -0.39 is 5.60 Å². The molecule has 0 saturated heterocycles. The summed E-state index contributed by atoms with van der Waals surface area (Å²) in [6.45, 7) is 5.23. The summed E-state index contributed by atoms with van der Waals surface area (Å²) in [5.74, 6) is 4.94. The van der Waals surface area contributed by atoms with Gasteiger partial charge in [-0.2, -0.15) is 0 Å². The molecule has 152 valence electrons. The minimum absolute atomic E-state index is 0.0429. The average molecular weight is 385 g/mol. The molecule has 0 aromatic carbocycles. The van der Waals surface area contributed by atoms with Crippen molar-refractivity contribution in [2.45, 2.75) is 83.8 Å². The second kappa shape index (κ2) is 6.94. The molecule has 4 nitrogen and oxygen atoms in total. The SMILES string of the molecule is C#C[C@]1(OC(C)=O)CCC2C3CCC4=C[C@@H](OC(C)=O)CCC4C3CC[C@@]21C. The molecule has 4 aliphatic rings. The van der Waals surface area contributed by atoms with Crippen LogP contribution in [0.2, 0.25) is 0 Å². The van der Waals surface area contributed by atoms with E-state index in [1.54, 1.807) is 0 Å². The molecule has 0 bridgehead atoms. The van der Waals surface area contributed by atoms with Gasteiger partial charge < -0.3 is 9.47 Å². The van der Waals surface area contributed by atoms with E-state index in [2.05, 4.69) is 18.9 Å². The first-order valence-electron chi connectivity index (χ1n) is 10.8. The van der Waals surface area contributed by atoms with Crippen LogP contribution in [0.15, 0.2) is 11.6 Å². The summed E-state index contributed by atoms with van der Waals surface area (Å²) in [6.07, 6.45) is 16.5. The molecule has 0 aliphatic heterocycles. The Kier molecular flexibility index (Phi) is 4.84. The number of allylic oxidation sites excluding steroid dienone is 1. The quantitative estimate of drug-likeness (QED) is 0.402. The number of fused-ring (bicyclic) bond motifs is 5. The Morgan fingerprint density at radius 3 is 2.54 bits per heavy atom. The first-order valence-corrected chi connectivity index (χ1v) is 10.8. The summed E-state index contributed by atoms with van der Waals surface area (Å²) in [5.41, 5.74) is 0.644. The van der Waals surface area contributed by atoms with Crippen LogP contribution >= 0.6 is 0 Å². The van der Waals surface area contributed by atoms with Crippen LogP contribution in [0.25, 0.3) is 0 Å². The molecule has 0 aromatic heterocycles. The van der Waals surface area contributed by atoms with Gasteiger partial charge in [0.1, 0.15) is 6.10 Å². The Balaban J connectivity index is 1.57. The maximum absolute atomic E-state index is 11.8. The Morgan fingerprint density at radius 2 is 1.86 bits per heavy atom. The van der Waals surface area contributed by atoms with Gasteiger partial charge in [0.05, 0.1) is 0 Å². The molecule has 0 spiro atoms. The molecule has 28 heavy (non-hydrogen) atoms. The summed E-state index contributed by atoms with van der Waals surface area (Å²) in [6, 6.07) is 0. The van der Waals surface area contributed by atoms with Gasteiger partial charge in [-0.15, -0.1) is 6.42 Å². The number of hydrogen-bond donors (Lipinski definition) is 0. The third kappa shape index (κ3) is 2.90. The average Bonchev–Trinajstić information content (AvgIpc) is 2.93.